The molecular formula is C13H8BrF2NO3S. The minimum absolute atomic E-state index is 0.0856. The average Bonchev–Trinajstić information content (AvgIpc) is 2.37. The monoisotopic (exact) mass is 375 g/mol. The lowest BCUT2D eigenvalue weighted by Gasteiger charge is -2.09. The lowest BCUT2D eigenvalue weighted by Crippen LogP contribution is -2.14. The zero-order chi connectivity index (χ0) is 15.6. The van der Waals surface area contributed by atoms with Crippen molar-refractivity contribution < 1.29 is 21.5 Å². The van der Waals surface area contributed by atoms with Crippen LogP contribution in [0, 0.1) is 5.82 Å². The number of carbonyl (C=O) groups excluding carboxylic acids is 1. The van der Waals surface area contributed by atoms with Crippen molar-refractivity contribution in [3.8, 4) is 0 Å². The maximum Gasteiger partial charge on any atom is 0.334 e. The Morgan fingerprint density at radius 2 is 1.81 bits per heavy atom. The molecule has 0 aliphatic carbocycles. The SMILES string of the molecule is O=C(Nc1ccccc1S(=O)(=O)F)c1ccc(F)cc1Br. The van der Waals surface area contributed by atoms with Crippen LogP contribution in [0.4, 0.5) is 14.0 Å². The summed E-state index contributed by atoms with van der Waals surface area (Å²) in [4.78, 5) is 11.4. The molecule has 0 saturated carbocycles. The van der Waals surface area contributed by atoms with Gasteiger partial charge in [0.25, 0.3) is 5.91 Å². The fraction of sp³-hybridized carbons (Fsp3) is 0. The van der Waals surface area contributed by atoms with Crippen molar-refractivity contribution in [2.75, 3.05) is 5.32 Å². The van der Waals surface area contributed by atoms with E-state index in [0.717, 1.165) is 18.2 Å². The molecule has 0 aliphatic heterocycles. The van der Waals surface area contributed by atoms with Crippen LogP contribution in [-0.4, -0.2) is 14.3 Å². The predicted molar refractivity (Wildman–Crippen MR) is 76.8 cm³/mol. The molecule has 0 fully saturated rings. The zero-order valence-electron chi connectivity index (χ0n) is 10.3. The van der Waals surface area contributed by atoms with Crippen LogP contribution in [0.1, 0.15) is 10.4 Å². The summed E-state index contributed by atoms with van der Waals surface area (Å²) in [6.07, 6.45) is 0. The molecule has 110 valence electrons. The molecule has 0 heterocycles. The highest BCUT2D eigenvalue weighted by Gasteiger charge is 2.19. The first-order valence-electron chi connectivity index (χ1n) is 5.59. The van der Waals surface area contributed by atoms with E-state index in [1.807, 2.05) is 0 Å². The van der Waals surface area contributed by atoms with Crippen LogP contribution in [0.15, 0.2) is 51.8 Å². The molecule has 1 amide bonds. The minimum Gasteiger partial charge on any atom is -0.321 e. The largest absolute Gasteiger partial charge is 0.334 e. The first-order chi connectivity index (χ1) is 9.79. The van der Waals surface area contributed by atoms with Gasteiger partial charge in [-0.1, -0.05) is 12.1 Å². The lowest BCUT2D eigenvalue weighted by atomic mass is 10.2. The Hall–Kier alpha value is -1.80. The minimum atomic E-state index is -4.96. The molecule has 0 bridgehead atoms. The number of hydrogen-bond donors (Lipinski definition) is 1. The third-order valence-electron chi connectivity index (χ3n) is 2.57. The van der Waals surface area contributed by atoms with E-state index in [4.69, 9.17) is 0 Å². The number of carbonyl (C=O) groups is 1. The van der Waals surface area contributed by atoms with E-state index in [1.54, 1.807) is 0 Å². The van der Waals surface area contributed by atoms with Crippen LogP contribution in [0.3, 0.4) is 0 Å². The van der Waals surface area contributed by atoms with Gasteiger partial charge in [-0.3, -0.25) is 4.79 Å². The summed E-state index contributed by atoms with van der Waals surface area (Å²) in [5, 5.41) is 2.28. The fourth-order valence-electron chi connectivity index (χ4n) is 1.65. The van der Waals surface area contributed by atoms with Gasteiger partial charge in [-0.05, 0) is 46.3 Å². The van der Waals surface area contributed by atoms with Crippen molar-refractivity contribution in [2.24, 2.45) is 0 Å². The molecule has 2 rings (SSSR count). The Balaban J connectivity index is 2.37. The summed E-state index contributed by atoms with van der Waals surface area (Å²) < 4.78 is 48.3. The van der Waals surface area contributed by atoms with E-state index in [1.165, 1.54) is 24.3 Å². The van der Waals surface area contributed by atoms with Crippen molar-refractivity contribution in [3.63, 3.8) is 0 Å². The first kappa shape index (κ1) is 15.6. The van der Waals surface area contributed by atoms with Crippen LogP contribution in [0.5, 0.6) is 0 Å². The molecular weight excluding hydrogens is 368 g/mol. The second-order valence-corrected chi connectivity index (χ2v) is 6.18. The van der Waals surface area contributed by atoms with E-state index >= 15 is 0 Å². The first-order valence-corrected chi connectivity index (χ1v) is 7.77. The lowest BCUT2D eigenvalue weighted by molar-refractivity contribution is 0.102. The van der Waals surface area contributed by atoms with Gasteiger partial charge >= 0.3 is 10.2 Å². The van der Waals surface area contributed by atoms with Gasteiger partial charge in [-0.2, -0.15) is 8.42 Å². The van der Waals surface area contributed by atoms with Crippen molar-refractivity contribution in [1.82, 2.24) is 0 Å². The van der Waals surface area contributed by atoms with E-state index in [9.17, 15) is 21.5 Å². The summed E-state index contributed by atoms with van der Waals surface area (Å²) in [6.45, 7) is 0. The van der Waals surface area contributed by atoms with Crippen LogP contribution in [-0.2, 0) is 10.2 Å². The van der Waals surface area contributed by atoms with Gasteiger partial charge in [-0.15, -0.1) is 3.89 Å². The second-order valence-electron chi connectivity index (χ2n) is 4.01. The number of halogens is 3. The highest BCUT2D eigenvalue weighted by atomic mass is 79.9. The summed E-state index contributed by atoms with van der Waals surface area (Å²) in [6, 6.07) is 8.46. The third-order valence-corrected chi connectivity index (χ3v) is 4.11. The maximum absolute atomic E-state index is 13.1. The number of nitrogens with one attached hydrogen (secondary N) is 1. The summed E-state index contributed by atoms with van der Waals surface area (Å²) >= 11 is 3.03. The highest BCUT2D eigenvalue weighted by molar-refractivity contribution is 9.10. The van der Waals surface area contributed by atoms with Crippen molar-refractivity contribution >= 4 is 37.7 Å². The topological polar surface area (TPSA) is 63.2 Å². The standard InChI is InChI=1S/C13H8BrF2NO3S/c14-10-7-8(15)5-6-9(10)13(18)17-11-3-1-2-4-12(11)21(16,19)20/h1-7H,(H,17,18). The predicted octanol–water partition coefficient (Wildman–Crippen LogP) is 3.50. The molecule has 0 atom stereocenters. The van der Waals surface area contributed by atoms with Crippen molar-refractivity contribution in [3.05, 3.63) is 58.3 Å². The zero-order valence-corrected chi connectivity index (χ0v) is 12.7. The molecule has 1 N–H and O–H groups in total. The molecule has 8 heteroatoms. The number of para-hydroxylation sites is 1. The highest BCUT2D eigenvalue weighted by Crippen LogP contribution is 2.25. The van der Waals surface area contributed by atoms with Crippen LogP contribution in [0.2, 0.25) is 0 Å². The van der Waals surface area contributed by atoms with E-state index in [2.05, 4.69) is 21.2 Å². The van der Waals surface area contributed by atoms with Gasteiger partial charge in [-0.25, -0.2) is 4.39 Å². The number of benzene rings is 2. The van der Waals surface area contributed by atoms with Gasteiger partial charge in [0.05, 0.1) is 11.3 Å². The van der Waals surface area contributed by atoms with Crippen LogP contribution in [0.25, 0.3) is 0 Å². The third kappa shape index (κ3) is 3.64. The van der Waals surface area contributed by atoms with Crippen LogP contribution >= 0.6 is 15.9 Å². The Morgan fingerprint density at radius 3 is 2.43 bits per heavy atom. The summed E-state index contributed by atoms with van der Waals surface area (Å²) in [5.74, 6) is -1.23. The molecule has 2 aromatic carbocycles. The van der Waals surface area contributed by atoms with Gasteiger partial charge in [0.1, 0.15) is 10.7 Å². The smallest absolute Gasteiger partial charge is 0.321 e. The normalized spacial score (nSPS) is 11.2. The molecule has 0 saturated heterocycles. The second kappa shape index (κ2) is 5.90. The number of hydrogen-bond acceptors (Lipinski definition) is 3. The van der Waals surface area contributed by atoms with Gasteiger partial charge in [0.2, 0.25) is 0 Å². The molecule has 0 spiro atoms. The molecule has 4 nitrogen and oxygen atoms in total. The maximum atomic E-state index is 13.1. The quantitative estimate of drug-likeness (QED) is 0.835. The van der Waals surface area contributed by atoms with E-state index in [0.29, 0.717) is 0 Å². The molecule has 2 aromatic rings. The Kier molecular flexibility index (Phi) is 4.38. The Morgan fingerprint density at radius 1 is 1.14 bits per heavy atom. The van der Waals surface area contributed by atoms with Gasteiger partial charge in [0.15, 0.2) is 0 Å². The molecule has 0 aromatic heterocycles. The molecule has 0 aliphatic rings. The van der Waals surface area contributed by atoms with Gasteiger partial charge in [0, 0.05) is 4.47 Å². The number of amides is 1. The fourth-order valence-corrected chi connectivity index (χ4v) is 2.80. The van der Waals surface area contributed by atoms with E-state index in [-0.39, 0.29) is 15.7 Å². The Bertz CT molecular complexity index is 809. The van der Waals surface area contributed by atoms with Crippen molar-refractivity contribution in [2.45, 2.75) is 4.90 Å². The van der Waals surface area contributed by atoms with E-state index < -0.39 is 26.8 Å². The molecule has 0 unspecified atom stereocenters. The summed E-state index contributed by atoms with van der Waals surface area (Å²) in [5.41, 5.74) is -0.108. The molecule has 21 heavy (non-hydrogen) atoms. The average molecular weight is 376 g/mol. The van der Waals surface area contributed by atoms with Gasteiger partial charge < -0.3 is 5.32 Å². The number of rotatable bonds is 3. The molecule has 0 radical (unpaired) electrons. The van der Waals surface area contributed by atoms with Crippen LogP contribution < -0.4 is 5.32 Å². The number of anilines is 1. The van der Waals surface area contributed by atoms with Crippen molar-refractivity contribution in [1.29, 1.82) is 0 Å². The summed E-state index contributed by atoms with van der Waals surface area (Å²) in [7, 11) is -4.96. The Labute approximate surface area is 128 Å².